The minimum Gasteiger partial charge on any atom is -0.480 e. The van der Waals surface area contributed by atoms with Crippen molar-refractivity contribution in [2.75, 3.05) is 26.5 Å². The molecule has 1 fully saturated rings. The van der Waals surface area contributed by atoms with E-state index in [0.717, 1.165) is 19.1 Å². The van der Waals surface area contributed by atoms with Gasteiger partial charge in [-0.1, -0.05) is 0 Å². The van der Waals surface area contributed by atoms with Crippen molar-refractivity contribution in [3.63, 3.8) is 0 Å². The number of likely N-dealkylation sites (tertiary alicyclic amines) is 1. The Labute approximate surface area is 124 Å². The fourth-order valence-corrected chi connectivity index (χ4v) is 3.25. The lowest BCUT2D eigenvalue weighted by Crippen LogP contribution is -2.49. The first-order chi connectivity index (χ1) is 9.90. The highest BCUT2D eigenvalue weighted by Crippen LogP contribution is 2.19. The van der Waals surface area contributed by atoms with Gasteiger partial charge in [0.15, 0.2) is 0 Å². The molecule has 0 bridgehead atoms. The summed E-state index contributed by atoms with van der Waals surface area (Å²) in [7, 11) is -1.81. The van der Waals surface area contributed by atoms with E-state index in [0.29, 0.717) is 18.7 Å². The standard InChI is InChI=1S/C13H19N3O4S/c1-20-12-11(6-3-7-14-12)13(17)16-8-4-5-10(9-16)15-21(2,18)19/h3,6-7,10,15H,4-5,8-9H2,1-2H3/t10-/m0/s1. The van der Waals surface area contributed by atoms with Crippen LogP contribution in [-0.4, -0.2) is 56.7 Å². The Morgan fingerprint density at radius 2 is 2.29 bits per heavy atom. The fourth-order valence-electron chi connectivity index (χ4n) is 2.45. The van der Waals surface area contributed by atoms with Gasteiger partial charge in [0.25, 0.3) is 5.91 Å². The highest BCUT2D eigenvalue weighted by atomic mass is 32.2. The van der Waals surface area contributed by atoms with E-state index in [1.54, 1.807) is 23.2 Å². The number of piperidine rings is 1. The molecule has 0 aromatic carbocycles. The molecule has 0 radical (unpaired) electrons. The third-order valence-corrected chi connectivity index (χ3v) is 4.05. The van der Waals surface area contributed by atoms with Crippen LogP contribution in [-0.2, 0) is 10.0 Å². The summed E-state index contributed by atoms with van der Waals surface area (Å²) in [4.78, 5) is 18.2. The fraction of sp³-hybridized carbons (Fsp3) is 0.538. The predicted octanol–water partition coefficient (Wildman–Crippen LogP) is 0.244. The van der Waals surface area contributed by atoms with Gasteiger partial charge in [-0.2, -0.15) is 0 Å². The Balaban J connectivity index is 2.12. The summed E-state index contributed by atoms with van der Waals surface area (Å²) in [5.41, 5.74) is 0.389. The molecule has 1 N–H and O–H groups in total. The second kappa shape index (κ2) is 6.40. The van der Waals surface area contributed by atoms with Gasteiger partial charge in [0.1, 0.15) is 5.56 Å². The third-order valence-electron chi connectivity index (χ3n) is 3.28. The van der Waals surface area contributed by atoms with E-state index < -0.39 is 10.0 Å². The van der Waals surface area contributed by atoms with Crippen molar-refractivity contribution in [3.8, 4) is 5.88 Å². The Morgan fingerprint density at radius 1 is 1.52 bits per heavy atom. The van der Waals surface area contributed by atoms with Gasteiger partial charge in [0, 0.05) is 25.3 Å². The number of nitrogens with zero attached hydrogens (tertiary/aromatic N) is 2. The van der Waals surface area contributed by atoms with Crippen LogP contribution in [0.3, 0.4) is 0 Å². The van der Waals surface area contributed by atoms with Crippen LogP contribution in [0.4, 0.5) is 0 Å². The lowest BCUT2D eigenvalue weighted by atomic mass is 10.1. The van der Waals surface area contributed by atoms with Crippen LogP contribution >= 0.6 is 0 Å². The maximum absolute atomic E-state index is 12.5. The monoisotopic (exact) mass is 313 g/mol. The summed E-state index contributed by atoms with van der Waals surface area (Å²) < 4.78 is 30.3. The summed E-state index contributed by atoms with van der Waals surface area (Å²) in [6, 6.07) is 3.08. The number of carbonyl (C=O) groups excluding carboxylic acids is 1. The quantitative estimate of drug-likeness (QED) is 0.860. The highest BCUT2D eigenvalue weighted by molar-refractivity contribution is 7.88. The summed E-state index contributed by atoms with van der Waals surface area (Å²) >= 11 is 0. The number of sulfonamides is 1. The van der Waals surface area contributed by atoms with Crippen molar-refractivity contribution < 1.29 is 17.9 Å². The van der Waals surface area contributed by atoms with Crippen LogP contribution < -0.4 is 9.46 Å². The van der Waals surface area contributed by atoms with Crippen LogP contribution in [0.1, 0.15) is 23.2 Å². The molecule has 1 saturated heterocycles. The maximum atomic E-state index is 12.5. The number of nitrogens with one attached hydrogen (secondary N) is 1. The molecule has 1 aliphatic rings. The maximum Gasteiger partial charge on any atom is 0.259 e. The molecule has 1 atom stereocenters. The number of pyridine rings is 1. The van der Waals surface area contributed by atoms with Crippen LogP contribution in [0.25, 0.3) is 0 Å². The molecule has 1 aromatic rings. The number of rotatable bonds is 4. The SMILES string of the molecule is COc1ncccc1C(=O)N1CCC[C@H](NS(C)(=O)=O)C1. The van der Waals surface area contributed by atoms with Gasteiger partial charge in [-0.15, -0.1) is 0 Å². The average molecular weight is 313 g/mol. The molecule has 1 aromatic heterocycles. The van der Waals surface area contributed by atoms with E-state index >= 15 is 0 Å². The van der Waals surface area contributed by atoms with Crippen molar-refractivity contribution in [1.82, 2.24) is 14.6 Å². The summed E-state index contributed by atoms with van der Waals surface area (Å²) in [5.74, 6) is 0.0839. The van der Waals surface area contributed by atoms with Crippen LogP contribution in [0, 0.1) is 0 Å². The summed E-state index contributed by atoms with van der Waals surface area (Å²) in [6.07, 6.45) is 4.15. The van der Waals surface area contributed by atoms with Crippen molar-refractivity contribution in [3.05, 3.63) is 23.9 Å². The van der Waals surface area contributed by atoms with Crippen LogP contribution in [0.5, 0.6) is 5.88 Å². The normalized spacial score (nSPS) is 19.3. The molecule has 2 heterocycles. The van der Waals surface area contributed by atoms with Crippen LogP contribution in [0.15, 0.2) is 18.3 Å². The number of amides is 1. The molecule has 8 heteroatoms. The molecule has 0 unspecified atom stereocenters. The van der Waals surface area contributed by atoms with Crippen molar-refractivity contribution in [2.24, 2.45) is 0 Å². The predicted molar refractivity (Wildman–Crippen MR) is 77.7 cm³/mol. The third kappa shape index (κ3) is 4.15. The number of carbonyl (C=O) groups is 1. The topological polar surface area (TPSA) is 88.6 Å². The average Bonchev–Trinajstić information content (AvgIpc) is 2.45. The Bertz CT molecular complexity index is 618. The first-order valence-corrected chi connectivity index (χ1v) is 8.55. The molecule has 0 spiro atoms. The molecule has 21 heavy (non-hydrogen) atoms. The van der Waals surface area contributed by atoms with Gasteiger partial charge in [-0.3, -0.25) is 4.79 Å². The molecule has 2 rings (SSSR count). The molecule has 116 valence electrons. The van der Waals surface area contributed by atoms with Crippen molar-refractivity contribution >= 4 is 15.9 Å². The van der Waals surface area contributed by atoms with E-state index in [4.69, 9.17) is 4.74 Å². The van der Waals surface area contributed by atoms with E-state index in [2.05, 4.69) is 9.71 Å². The van der Waals surface area contributed by atoms with Gasteiger partial charge in [-0.25, -0.2) is 18.1 Å². The Morgan fingerprint density at radius 3 is 2.95 bits per heavy atom. The van der Waals surface area contributed by atoms with Gasteiger partial charge in [-0.05, 0) is 25.0 Å². The van der Waals surface area contributed by atoms with Gasteiger partial charge < -0.3 is 9.64 Å². The molecular formula is C13H19N3O4S. The lowest BCUT2D eigenvalue weighted by Gasteiger charge is -2.32. The smallest absolute Gasteiger partial charge is 0.259 e. The van der Waals surface area contributed by atoms with E-state index in [9.17, 15) is 13.2 Å². The molecular weight excluding hydrogens is 294 g/mol. The minimum absolute atomic E-state index is 0.194. The minimum atomic E-state index is -3.28. The van der Waals surface area contributed by atoms with Gasteiger partial charge >= 0.3 is 0 Å². The Hall–Kier alpha value is -1.67. The number of ether oxygens (including phenoxy) is 1. The van der Waals surface area contributed by atoms with Crippen LogP contribution in [0.2, 0.25) is 0 Å². The van der Waals surface area contributed by atoms with E-state index in [-0.39, 0.29) is 17.8 Å². The zero-order valence-electron chi connectivity index (χ0n) is 12.1. The first kappa shape index (κ1) is 15.7. The highest BCUT2D eigenvalue weighted by Gasteiger charge is 2.27. The molecule has 0 saturated carbocycles. The number of aromatic nitrogens is 1. The molecule has 1 aliphatic heterocycles. The van der Waals surface area contributed by atoms with E-state index in [1.807, 2.05) is 0 Å². The molecule has 1 amide bonds. The van der Waals surface area contributed by atoms with Crippen molar-refractivity contribution in [1.29, 1.82) is 0 Å². The lowest BCUT2D eigenvalue weighted by molar-refractivity contribution is 0.0699. The Kier molecular flexibility index (Phi) is 4.79. The number of hydrogen-bond donors (Lipinski definition) is 1. The second-order valence-electron chi connectivity index (χ2n) is 5.04. The largest absolute Gasteiger partial charge is 0.480 e. The van der Waals surface area contributed by atoms with E-state index in [1.165, 1.54) is 7.11 Å². The zero-order chi connectivity index (χ0) is 15.5. The van der Waals surface area contributed by atoms with Gasteiger partial charge in [0.05, 0.1) is 13.4 Å². The first-order valence-electron chi connectivity index (χ1n) is 6.66. The summed E-state index contributed by atoms with van der Waals surface area (Å²) in [6.45, 7) is 0.947. The second-order valence-corrected chi connectivity index (χ2v) is 6.82. The molecule has 0 aliphatic carbocycles. The molecule has 7 nitrogen and oxygen atoms in total. The van der Waals surface area contributed by atoms with Crippen molar-refractivity contribution in [2.45, 2.75) is 18.9 Å². The number of methoxy groups -OCH3 is 1. The zero-order valence-corrected chi connectivity index (χ0v) is 12.9. The number of hydrogen-bond acceptors (Lipinski definition) is 5. The summed E-state index contributed by atoms with van der Waals surface area (Å²) in [5, 5.41) is 0. The van der Waals surface area contributed by atoms with Gasteiger partial charge in [0.2, 0.25) is 15.9 Å².